The van der Waals surface area contributed by atoms with Gasteiger partial charge in [0.15, 0.2) is 0 Å². The molecule has 4 rings (SSSR count). The number of hydrogen-bond acceptors (Lipinski definition) is 4. The molecule has 1 aliphatic heterocycles. The molecule has 182 valence electrons. The van der Waals surface area contributed by atoms with Crippen LogP contribution in [0.1, 0.15) is 23.1 Å². The van der Waals surface area contributed by atoms with Crippen LogP contribution < -0.4 is 4.90 Å². The summed E-state index contributed by atoms with van der Waals surface area (Å²) >= 11 is 24.9. The SMILES string of the molecule is N#Cc1ccc(N(Cc2ccccc2Cl)[C@H]2CCN(S(=O)(=O)Cc3cc(Cl)cc(Cl)c3)C2)cc1Cl. The zero-order valence-corrected chi connectivity index (χ0v) is 22.3. The Morgan fingerprint density at radius 3 is 2.34 bits per heavy atom. The molecule has 0 saturated carbocycles. The van der Waals surface area contributed by atoms with Gasteiger partial charge in [0.05, 0.1) is 16.3 Å². The lowest BCUT2D eigenvalue weighted by atomic mass is 10.1. The molecule has 1 atom stereocenters. The number of anilines is 1. The summed E-state index contributed by atoms with van der Waals surface area (Å²) in [6, 6.07) is 19.5. The molecular formula is C25H21Cl4N3O2S. The summed E-state index contributed by atoms with van der Waals surface area (Å²) in [5.74, 6) is -0.187. The minimum Gasteiger partial charge on any atom is -0.363 e. The third kappa shape index (κ3) is 6.24. The lowest BCUT2D eigenvalue weighted by Crippen LogP contribution is -2.39. The molecule has 1 saturated heterocycles. The van der Waals surface area contributed by atoms with Gasteiger partial charge in [-0.25, -0.2) is 8.42 Å². The Morgan fingerprint density at radius 1 is 0.971 bits per heavy atom. The molecule has 0 amide bonds. The maximum absolute atomic E-state index is 13.2. The van der Waals surface area contributed by atoms with Gasteiger partial charge in [-0.2, -0.15) is 9.57 Å². The fourth-order valence-electron chi connectivity index (χ4n) is 4.23. The molecular weight excluding hydrogens is 548 g/mol. The van der Waals surface area contributed by atoms with Gasteiger partial charge in [-0.3, -0.25) is 0 Å². The molecule has 0 N–H and O–H groups in total. The lowest BCUT2D eigenvalue weighted by molar-refractivity contribution is 0.467. The van der Waals surface area contributed by atoms with E-state index in [4.69, 9.17) is 46.4 Å². The molecule has 0 spiro atoms. The zero-order chi connectivity index (χ0) is 25.2. The Bertz CT molecular complexity index is 1370. The van der Waals surface area contributed by atoms with Crippen LogP contribution in [0.5, 0.6) is 0 Å². The highest BCUT2D eigenvalue weighted by molar-refractivity contribution is 7.88. The normalized spacial score (nSPS) is 16.3. The van der Waals surface area contributed by atoms with Crippen LogP contribution in [0, 0.1) is 11.3 Å². The molecule has 0 unspecified atom stereocenters. The fraction of sp³-hybridized carbons (Fsp3) is 0.240. The van der Waals surface area contributed by atoms with Crippen molar-refractivity contribution in [2.75, 3.05) is 18.0 Å². The Kier molecular flexibility index (Phi) is 8.17. The molecule has 0 aromatic heterocycles. The lowest BCUT2D eigenvalue weighted by Gasteiger charge is -2.32. The largest absolute Gasteiger partial charge is 0.363 e. The van der Waals surface area contributed by atoms with Gasteiger partial charge in [0.1, 0.15) is 6.07 Å². The van der Waals surface area contributed by atoms with Crippen LogP contribution in [-0.4, -0.2) is 31.9 Å². The van der Waals surface area contributed by atoms with Crippen LogP contribution in [0.3, 0.4) is 0 Å². The Labute approximate surface area is 225 Å². The molecule has 5 nitrogen and oxygen atoms in total. The molecule has 1 aliphatic rings. The van der Waals surface area contributed by atoms with Gasteiger partial charge in [-0.05, 0) is 60.0 Å². The van der Waals surface area contributed by atoms with Gasteiger partial charge >= 0.3 is 0 Å². The molecule has 35 heavy (non-hydrogen) atoms. The first-order chi connectivity index (χ1) is 16.7. The average molecular weight is 569 g/mol. The minimum atomic E-state index is -3.60. The topological polar surface area (TPSA) is 64.4 Å². The third-order valence-corrected chi connectivity index (χ3v) is 8.87. The quantitative estimate of drug-likeness (QED) is 0.315. The first kappa shape index (κ1) is 26.1. The van der Waals surface area contributed by atoms with Crippen LogP contribution in [0.2, 0.25) is 20.1 Å². The van der Waals surface area contributed by atoms with Gasteiger partial charge < -0.3 is 4.90 Å². The van der Waals surface area contributed by atoms with Crippen LogP contribution in [-0.2, 0) is 22.3 Å². The molecule has 1 heterocycles. The Balaban J connectivity index is 1.60. The van der Waals surface area contributed by atoms with Crippen molar-refractivity contribution >= 4 is 62.1 Å². The predicted octanol–water partition coefficient (Wildman–Crippen LogP) is 6.78. The van der Waals surface area contributed by atoms with E-state index in [0.29, 0.717) is 57.3 Å². The average Bonchev–Trinajstić information content (AvgIpc) is 3.28. The minimum absolute atomic E-state index is 0.118. The van der Waals surface area contributed by atoms with Crippen molar-refractivity contribution in [2.24, 2.45) is 0 Å². The summed E-state index contributed by atoms with van der Waals surface area (Å²) in [4.78, 5) is 2.10. The van der Waals surface area contributed by atoms with Gasteiger partial charge in [-0.1, -0.05) is 64.6 Å². The highest BCUT2D eigenvalue weighted by Gasteiger charge is 2.35. The van der Waals surface area contributed by atoms with Crippen molar-refractivity contribution in [1.82, 2.24) is 4.31 Å². The number of nitriles is 1. The van der Waals surface area contributed by atoms with Gasteiger partial charge in [-0.15, -0.1) is 0 Å². The maximum Gasteiger partial charge on any atom is 0.218 e. The Hall–Kier alpha value is -1.98. The Morgan fingerprint density at radius 2 is 1.69 bits per heavy atom. The number of sulfonamides is 1. The maximum atomic E-state index is 13.2. The molecule has 1 fully saturated rings. The fourth-order valence-corrected chi connectivity index (χ4v) is 6.77. The van der Waals surface area contributed by atoms with Crippen molar-refractivity contribution < 1.29 is 8.42 Å². The van der Waals surface area contributed by atoms with E-state index in [2.05, 4.69) is 11.0 Å². The second-order valence-corrected chi connectivity index (χ2v) is 12.0. The van der Waals surface area contributed by atoms with Gasteiger partial charge in [0.25, 0.3) is 0 Å². The summed E-state index contributed by atoms with van der Waals surface area (Å²) in [5, 5.41) is 11.0. The number of nitrogens with zero attached hydrogens (tertiary/aromatic N) is 3. The van der Waals surface area contributed by atoms with E-state index in [1.165, 1.54) is 4.31 Å². The van der Waals surface area contributed by atoms with Crippen molar-refractivity contribution in [1.29, 1.82) is 5.26 Å². The van der Waals surface area contributed by atoms with Gasteiger partial charge in [0, 0.05) is 46.4 Å². The van der Waals surface area contributed by atoms with E-state index in [9.17, 15) is 13.7 Å². The van der Waals surface area contributed by atoms with Crippen LogP contribution in [0.4, 0.5) is 5.69 Å². The summed E-state index contributed by atoms with van der Waals surface area (Å²) in [5.41, 5.74) is 2.62. The number of halogens is 4. The molecule has 3 aromatic rings. The van der Waals surface area contributed by atoms with E-state index in [1.807, 2.05) is 30.3 Å². The van der Waals surface area contributed by atoms with Crippen LogP contribution >= 0.6 is 46.4 Å². The second kappa shape index (κ2) is 11.0. The van der Waals surface area contributed by atoms with Crippen LogP contribution in [0.25, 0.3) is 0 Å². The van der Waals surface area contributed by atoms with Crippen molar-refractivity contribution in [3.63, 3.8) is 0 Å². The number of hydrogen-bond donors (Lipinski definition) is 0. The van der Waals surface area contributed by atoms with E-state index in [1.54, 1.807) is 30.3 Å². The summed E-state index contributed by atoms with van der Waals surface area (Å²) in [7, 11) is -3.60. The van der Waals surface area contributed by atoms with Gasteiger partial charge in [0.2, 0.25) is 10.0 Å². The standard InChI is InChI=1S/C25H21Cl4N3O2S/c26-20-9-17(10-21(27)11-20)16-35(33,34)31-8-7-23(15-31)32(14-19-3-1-2-4-24(19)28)22-6-5-18(13-30)25(29)12-22/h1-6,9-12,23H,7-8,14-16H2/t23-/m0/s1. The smallest absolute Gasteiger partial charge is 0.218 e. The summed E-state index contributed by atoms with van der Waals surface area (Å²) < 4.78 is 27.9. The van der Waals surface area contributed by atoms with E-state index >= 15 is 0 Å². The molecule has 0 bridgehead atoms. The molecule has 3 aromatic carbocycles. The zero-order valence-electron chi connectivity index (χ0n) is 18.5. The molecule has 10 heteroatoms. The first-order valence-electron chi connectivity index (χ1n) is 10.8. The van der Waals surface area contributed by atoms with Crippen molar-refractivity contribution in [3.8, 4) is 6.07 Å². The monoisotopic (exact) mass is 567 g/mol. The third-order valence-electron chi connectivity index (χ3n) is 5.93. The first-order valence-corrected chi connectivity index (χ1v) is 13.9. The van der Waals surface area contributed by atoms with Crippen molar-refractivity contribution in [2.45, 2.75) is 24.8 Å². The highest BCUT2D eigenvalue weighted by Crippen LogP contribution is 2.32. The van der Waals surface area contributed by atoms with E-state index in [-0.39, 0.29) is 11.8 Å². The van der Waals surface area contributed by atoms with Crippen LogP contribution in [0.15, 0.2) is 60.7 Å². The van der Waals surface area contributed by atoms with E-state index < -0.39 is 10.0 Å². The summed E-state index contributed by atoms with van der Waals surface area (Å²) in [6.07, 6.45) is 0.623. The number of rotatable bonds is 7. The van der Waals surface area contributed by atoms with Crippen molar-refractivity contribution in [3.05, 3.63) is 97.4 Å². The predicted molar refractivity (Wildman–Crippen MR) is 143 cm³/mol. The second-order valence-electron chi connectivity index (χ2n) is 8.33. The molecule has 0 radical (unpaired) electrons. The van der Waals surface area contributed by atoms with E-state index in [0.717, 1.165) is 11.3 Å². The number of benzene rings is 3. The molecule has 0 aliphatic carbocycles. The highest BCUT2D eigenvalue weighted by atomic mass is 35.5. The summed E-state index contributed by atoms with van der Waals surface area (Å²) in [6.45, 7) is 1.15.